The van der Waals surface area contributed by atoms with Crippen LogP contribution in [0.2, 0.25) is 5.15 Å². The van der Waals surface area contributed by atoms with Crippen LogP contribution in [0.1, 0.15) is 38.2 Å². The van der Waals surface area contributed by atoms with Crippen LogP contribution in [0.15, 0.2) is 17.2 Å². The van der Waals surface area contributed by atoms with Crippen molar-refractivity contribution < 1.29 is 8.42 Å². The van der Waals surface area contributed by atoms with Crippen LogP contribution < -0.4 is 0 Å². The first-order valence-corrected chi connectivity index (χ1v) is 7.86. The molecule has 0 bridgehead atoms. The molecule has 1 aromatic heterocycles. The Balaban J connectivity index is 2.72. The van der Waals surface area contributed by atoms with E-state index in [0.29, 0.717) is 6.42 Å². The highest BCUT2D eigenvalue weighted by Gasteiger charge is 2.16. The van der Waals surface area contributed by atoms with Crippen LogP contribution in [0.4, 0.5) is 0 Å². The molecule has 0 radical (unpaired) electrons. The zero-order valence-corrected chi connectivity index (χ0v) is 11.8. The molecule has 96 valence electrons. The molecule has 1 heterocycles. The first-order chi connectivity index (χ1) is 7.97. The van der Waals surface area contributed by atoms with Crippen molar-refractivity contribution in [3.8, 4) is 0 Å². The van der Waals surface area contributed by atoms with Crippen LogP contribution in [0.25, 0.3) is 0 Å². The van der Waals surface area contributed by atoms with Crippen LogP contribution in [-0.2, 0) is 9.84 Å². The van der Waals surface area contributed by atoms with Crippen molar-refractivity contribution in [3.63, 3.8) is 0 Å². The van der Waals surface area contributed by atoms with Crippen LogP contribution in [0.3, 0.4) is 0 Å². The normalized spacial score (nSPS) is 11.7. The lowest BCUT2D eigenvalue weighted by molar-refractivity contribution is 0.585. The first-order valence-electron chi connectivity index (χ1n) is 5.83. The standard InChI is InChI=1S/C12H18ClNO2S/c1-3-4-5-6-9-17(15,16)11-8-7-10(2)12(13)14-11/h7-8H,3-6,9H2,1-2H3. The van der Waals surface area contributed by atoms with Crippen molar-refractivity contribution in [1.82, 2.24) is 4.98 Å². The number of hydrogen-bond acceptors (Lipinski definition) is 3. The van der Waals surface area contributed by atoms with E-state index in [2.05, 4.69) is 11.9 Å². The Morgan fingerprint density at radius 3 is 2.53 bits per heavy atom. The van der Waals surface area contributed by atoms with Crippen molar-refractivity contribution in [2.75, 3.05) is 5.75 Å². The summed E-state index contributed by atoms with van der Waals surface area (Å²) in [6.45, 7) is 3.89. The maximum absolute atomic E-state index is 11.9. The van der Waals surface area contributed by atoms with Gasteiger partial charge in [-0.25, -0.2) is 13.4 Å². The Labute approximate surface area is 108 Å². The number of rotatable bonds is 6. The summed E-state index contributed by atoms with van der Waals surface area (Å²) in [7, 11) is -3.28. The van der Waals surface area contributed by atoms with Crippen molar-refractivity contribution >= 4 is 21.4 Å². The molecule has 3 nitrogen and oxygen atoms in total. The topological polar surface area (TPSA) is 47.0 Å². The van der Waals surface area contributed by atoms with E-state index in [4.69, 9.17) is 11.6 Å². The molecular weight excluding hydrogens is 258 g/mol. The molecule has 0 aromatic carbocycles. The summed E-state index contributed by atoms with van der Waals surface area (Å²) in [5.41, 5.74) is 0.789. The molecule has 0 fully saturated rings. The molecule has 5 heteroatoms. The Morgan fingerprint density at radius 1 is 1.24 bits per heavy atom. The third kappa shape index (κ3) is 4.28. The summed E-state index contributed by atoms with van der Waals surface area (Å²) >= 11 is 5.83. The summed E-state index contributed by atoms with van der Waals surface area (Å²) in [5, 5.41) is 0.351. The van der Waals surface area contributed by atoms with Gasteiger partial charge < -0.3 is 0 Å². The fourth-order valence-corrected chi connectivity index (χ4v) is 2.99. The van der Waals surface area contributed by atoms with Crippen molar-refractivity contribution in [2.24, 2.45) is 0 Å². The smallest absolute Gasteiger partial charge is 0.195 e. The summed E-state index contributed by atoms with van der Waals surface area (Å²) < 4.78 is 23.9. The van der Waals surface area contributed by atoms with E-state index in [1.807, 2.05) is 0 Å². The summed E-state index contributed by atoms with van der Waals surface area (Å²) in [4.78, 5) is 3.92. The van der Waals surface area contributed by atoms with Crippen LogP contribution in [-0.4, -0.2) is 19.2 Å². The number of hydrogen-bond donors (Lipinski definition) is 0. The second kappa shape index (κ2) is 6.36. The van der Waals surface area contributed by atoms with Crippen LogP contribution in [0.5, 0.6) is 0 Å². The fourth-order valence-electron chi connectivity index (χ4n) is 1.48. The van der Waals surface area contributed by atoms with E-state index in [0.717, 1.165) is 24.8 Å². The monoisotopic (exact) mass is 275 g/mol. The number of sulfone groups is 1. The van der Waals surface area contributed by atoms with Gasteiger partial charge in [-0.3, -0.25) is 0 Å². The third-order valence-corrected chi connectivity index (χ3v) is 4.67. The predicted molar refractivity (Wildman–Crippen MR) is 70.2 cm³/mol. The fraction of sp³-hybridized carbons (Fsp3) is 0.583. The molecule has 0 N–H and O–H groups in total. The van der Waals surface area contributed by atoms with Gasteiger partial charge in [0.25, 0.3) is 0 Å². The number of unbranched alkanes of at least 4 members (excludes halogenated alkanes) is 3. The molecular formula is C12H18ClNO2S. The second-order valence-corrected chi connectivity index (χ2v) is 6.55. The average molecular weight is 276 g/mol. The van der Waals surface area contributed by atoms with Gasteiger partial charge in [0.1, 0.15) is 5.15 Å². The van der Waals surface area contributed by atoms with E-state index in [1.165, 1.54) is 6.07 Å². The van der Waals surface area contributed by atoms with Crippen molar-refractivity contribution in [2.45, 2.75) is 44.6 Å². The van der Waals surface area contributed by atoms with E-state index < -0.39 is 9.84 Å². The van der Waals surface area contributed by atoms with E-state index in [-0.39, 0.29) is 15.9 Å². The minimum atomic E-state index is -3.28. The van der Waals surface area contributed by atoms with Gasteiger partial charge in [0.15, 0.2) is 14.9 Å². The van der Waals surface area contributed by atoms with Gasteiger partial charge in [0, 0.05) is 0 Å². The lowest BCUT2D eigenvalue weighted by atomic mass is 10.2. The van der Waals surface area contributed by atoms with Crippen molar-refractivity contribution in [3.05, 3.63) is 22.8 Å². The number of aryl methyl sites for hydroxylation is 1. The molecule has 0 saturated carbocycles. The average Bonchev–Trinajstić information content (AvgIpc) is 2.28. The van der Waals surface area contributed by atoms with Gasteiger partial charge in [-0.1, -0.05) is 43.9 Å². The molecule has 0 atom stereocenters. The SMILES string of the molecule is CCCCCCS(=O)(=O)c1ccc(C)c(Cl)n1. The van der Waals surface area contributed by atoms with Gasteiger partial charge in [0.2, 0.25) is 0 Å². The highest BCUT2D eigenvalue weighted by molar-refractivity contribution is 7.91. The lowest BCUT2D eigenvalue weighted by Crippen LogP contribution is -2.09. The molecule has 1 rings (SSSR count). The van der Waals surface area contributed by atoms with Gasteiger partial charge in [-0.15, -0.1) is 0 Å². The number of halogens is 1. The maximum Gasteiger partial charge on any atom is 0.195 e. The number of aromatic nitrogens is 1. The largest absolute Gasteiger partial charge is 0.224 e. The molecule has 0 amide bonds. The molecule has 0 saturated heterocycles. The highest BCUT2D eigenvalue weighted by atomic mass is 35.5. The quantitative estimate of drug-likeness (QED) is 0.590. The number of pyridine rings is 1. The maximum atomic E-state index is 11.9. The molecule has 0 unspecified atom stereocenters. The minimum absolute atomic E-state index is 0.0876. The Morgan fingerprint density at radius 2 is 1.94 bits per heavy atom. The predicted octanol–water partition coefficient (Wildman–Crippen LogP) is 3.40. The van der Waals surface area contributed by atoms with Gasteiger partial charge in [-0.2, -0.15) is 0 Å². The minimum Gasteiger partial charge on any atom is -0.224 e. The molecule has 0 aliphatic carbocycles. The van der Waals surface area contributed by atoms with Gasteiger partial charge >= 0.3 is 0 Å². The van der Waals surface area contributed by atoms with Crippen LogP contribution in [0, 0.1) is 6.92 Å². The Kier molecular flexibility index (Phi) is 5.40. The summed E-state index contributed by atoms with van der Waals surface area (Å²) in [6.07, 6.45) is 3.78. The molecule has 0 aliphatic rings. The molecule has 0 spiro atoms. The lowest BCUT2D eigenvalue weighted by Gasteiger charge is -2.05. The second-order valence-electron chi connectivity index (χ2n) is 4.14. The van der Waals surface area contributed by atoms with Gasteiger partial charge in [0.05, 0.1) is 5.75 Å². The van der Waals surface area contributed by atoms with E-state index in [9.17, 15) is 8.42 Å². The summed E-state index contributed by atoms with van der Waals surface area (Å²) in [6, 6.07) is 3.21. The molecule has 17 heavy (non-hydrogen) atoms. The first kappa shape index (κ1) is 14.5. The van der Waals surface area contributed by atoms with E-state index in [1.54, 1.807) is 13.0 Å². The zero-order chi connectivity index (χ0) is 12.9. The van der Waals surface area contributed by atoms with Gasteiger partial charge in [-0.05, 0) is 25.0 Å². The molecule has 1 aromatic rings. The Hall–Kier alpha value is -0.610. The number of nitrogens with zero attached hydrogens (tertiary/aromatic N) is 1. The summed E-state index contributed by atoms with van der Waals surface area (Å²) in [5.74, 6) is 0.152. The Bertz CT molecular complexity index is 471. The highest BCUT2D eigenvalue weighted by Crippen LogP contribution is 2.17. The van der Waals surface area contributed by atoms with Crippen LogP contribution >= 0.6 is 11.6 Å². The molecule has 0 aliphatic heterocycles. The third-order valence-electron chi connectivity index (χ3n) is 2.59. The van der Waals surface area contributed by atoms with E-state index >= 15 is 0 Å². The van der Waals surface area contributed by atoms with Crippen molar-refractivity contribution in [1.29, 1.82) is 0 Å². The zero-order valence-electron chi connectivity index (χ0n) is 10.2.